The van der Waals surface area contributed by atoms with Gasteiger partial charge in [0.15, 0.2) is 0 Å². The van der Waals surface area contributed by atoms with Crippen molar-refractivity contribution in [2.45, 2.75) is 20.8 Å². The van der Waals surface area contributed by atoms with E-state index >= 15 is 0 Å². The van der Waals surface area contributed by atoms with Gasteiger partial charge in [-0.1, -0.05) is 59.6 Å². The second-order valence-corrected chi connectivity index (χ2v) is 4.54. The summed E-state index contributed by atoms with van der Waals surface area (Å²) < 4.78 is 5.60. The van der Waals surface area contributed by atoms with Crippen LogP contribution in [0.3, 0.4) is 0 Å². The van der Waals surface area contributed by atoms with Crippen LogP contribution in [-0.4, -0.2) is 11.9 Å². The molecule has 0 fully saturated rings. The molecule has 0 unspecified atom stereocenters. The fraction of sp³-hybridized carbons (Fsp3) is 0.429. The number of halogens is 1. The molecule has 1 aromatic carbocycles. The van der Waals surface area contributed by atoms with E-state index in [1.165, 1.54) is 5.57 Å². The van der Waals surface area contributed by atoms with Crippen LogP contribution in [0.2, 0.25) is 0 Å². The molecular formula is C14H19BrO. The van der Waals surface area contributed by atoms with Crippen molar-refractivity contribution in [1.29, 1.82) is 0 Å². The van der Waals surface area contributed by atoms with Crippen LogP contribution in [0.1, 0.15) is 26.3 Å². The van der Waals surface area contributed by atoms with Gasteiger partial charge >= 0.3 is 0 Å². The van der Waals surface area contributed by atoms with Crippen molar-refractivity contribution < 1.29 is 4.74 Å². The van der Waals surface area contributed by atoms with Crippen LogP contribution in [0.5, 0.6) is 5.75 Å². The molecule has 0 aliphatic carbocycles. The summed E-state index contributed by atoms with van der Waals surface area (Å²) >= 11 is 3.53. The van der Waals surface area contributed by atoms with E-state index in [1.807, 2.05) is 25.1 Å². The minimum absolute atomic E-state index is 0.550. The third-order valence-corrected chi connectivity index (χ3v) is 3.10. The van der Waals surface area contributed by atoms with E-state index in [0.29, 0.717) is 12.5 Å². The maximum Gasteiger partial charge on any atom is 0.126 e. The van der Waals surface area contributed by atoms with Crippen molar-refractivity contribution >= 4 is 22.0 Å². The fourth-order valence-electron chi connectivity index (χ4n) is 1.45. The molecule has 0 heterocycles. The lowest BCUT2D eigenvalue weighted by Gasteiger charge is -2.11. The molecule has 16 heavy (non-hydrogen) atoms. The zero-order valence-corrected chi connectivity index (χ0v) is 11.8. The molecule has 0 aromatic heterocycles. The number of alkyl halides is 1. The van der Waals surface area contributed by atoms with Gasteiger partial charge in [-0.3, -0.25) is 0 Å². The lowest BCUT2D eigenvalue weighted by molar-refractivity contribution is 0.339. The molecule has 0 radical (unpaired) electrons. The molecule has 0 bridgehead atoms. The third kappa shape index (κ3) is 3.67. The van der Waals surface area contributed by atoms with E-state index in [4.69, 9.17) is 4.74 Å². The molecule has 88 valence electrons. The average Bonchev–Trinajstić information content (AvgIpc) is 2.27. The monoisotopic (exact) mass is 282 g/mol. The first-order chi connectivity index (χ1) is 7.69. The quantitative estimate of drug-likeness (QED) is 0.722. The summed E-state index contributed by atoms with van der Waals surface area (Å²) in [7, 11) is 0. The second kappa shape index (κ2) is 6.74. The smallest absolute Gasteiger partial charge is 0.126 e. The highest BCUT2D eigenvalue weighted by atomic mass is 79.9. The van der Waals surface area contributed by atoms with Crippen molar-refractivity contribution in [1.82, 2.24) is 0 Å². The van der Waals surface area contributed by atoms with Crippen LogP contribution in [0.25, 0.3) is 6.08 Å². The zero-order chi connectivity index (χ0) is 12.0. The Morgan fingerprint density at radius 3 is 2.62 bits per heavy atom. The van der Waals surface area contributed by atoms with E-state index in [9.17, 15) is 0 Å². The van der Waals surface area contributed by atoms with Gasteiger partial charge in [-0.15, -0.1) is 0 Å². The first-order valence-corrected chi connectivity index (χ1v) is 6.79. The summed E-state index contributed by atoms with van der Waals surface area (Å²) in [5.74, 6) is 1.51. The normalized spacial score (nSPS) is 11.9. The van der Waals surface area contributed by atoms with Gasteiger partial charge in [-0.25, -0.2) is 0 Å². The molecule has 2 heteroatoms. The van der Waals surface area contributed by atoms with E-state index in [0.717, 1.165) is 16.6 Å². The molecular weight excluding hydrogens is 264 g/mol. The van der Waals surface area contributed by atoms with Crippen LogP contribution in [0, 0.1) is 5.92 Å². The lowest BCUT2D eigenvalue weighted by atomic mass is 10.0. The molecule has 0 saturated carbocycles. The van der Waals surface area contributed by atoms with Crippen molar-refractivity contribution in [3.63, 3.8) is 0 Å². The Labute approximate surface area is 107 Å². The van der Waals surface area contributed by atoms with Gasteiger partial charge < -0.3 is 4.74 Å². The topological polar surface area (TPSA) is 9.23 Å². The molecule has 1 aromatic rings. The number of allylic oxidation sites excluding steroid dienone is 1. The standard InChI is InChI=1S/C14H19BrO/c1-4-16-14-8-6-5-7-12(14)9-13(10-15)11(2)3/h5-9,11H,4,10H2,1-3H3. The lowest BCUT2D eigenvalue weighted by Crippen LogP contribution is -1.97. The maximum absolute atomic E-state index is 5.60. The SMILES string of the molecule is CCOc1ccccc1C=C(CBr)C(C)C. The number of para-hydroxylation sites is 1. The van der Waals surface area contributed by atoms with Crippen molar-refractivity contribution in [3.8, 4) is 5.75 Å². The molecule has 1 rings (SSSR count). The molecule has 0 amide bonds. The summed E-state index contributed by atoms with van der Waals surface area (Å²) in [5, 5.41) is 0.908. The molecule has 0 atom stereocenters. The first kappa shape index (κ1) is 13.3. The minimum Gasteiger partial charge on any atom is -0.493 e. The van der Waals surface area contributed by atoms with Crippen molar-refractivity contribution in [3.05, 3.63) is 35.4 Å². The van der Waals surface area contributed by atoms with Crippen LogP contribution < -0.4 is 4.74 Å². The summed E-state index contributed by atoms with van der Waals surface area (Å²) in [6, 6.07) is 8.16. The Bertz CT molecular complexity index is 356. The number of benzene rings is 1. The maximum atomic E-state index is 5.60. The first-order valence-electron chi connectivity index (χ1n) is 5.67. The van der Waals surface area contributed by atoms with E-state index in [-0.39, 0.29) is 0 Å². The van der Waals surface area contributed by atoms with Crippen LogP contribution in [0.4, 0.5) is 0 Å². The van der Waals surface area contributed by atoms with Crippen molar-refractivity contribution in [2.24, 2.45) is 5.92 Å². The molecule has 0 spiro atoms. The Hall–Kier alpha value is -0.760. The van der Waals surface area contributed by atoms with Crippen LogP contribution in [0.15, 0.2) is 29.8 Å². The summed E-state index contributed by atoms with van der Waals surface area (Å²) in [6.45, 7) is 7.12. The van der Waals surface area contributed by atoms with Gasteiger partial charge in [-0.2, -0.15) is 0 Å². The summed E-state index contributed by atoms with van der Waals surface area (Å²) in [5.41, 5.74) is 2.54. The molecule has 0 N–H and O–H groups in total. The minimum atomic E-state index is 0.550. The van der Waals surface area contributed by atoms with Gasteiger partial charge in [0.25, 0.3) is 0 Å². The van der Waals surface area contributed by atoms with Gasteiger partial charge in [0.2, 0.25) is 0 Å². The summed E-state index contributed by atoms with van der Waals surface area (Å²) in [4.78, 5) is 0. The Kier molecular flexibility index (Phi) is 5.61. The van der Waals surface area contributed by atoms with Crippen LogP contribution in [-0.2, 0) is 0 Å². The highest BCUT2D eigenvalue weighted by Gasteiger charge is 2.04. The largest absolute Gasteiger partial charge is 0.493 e. The number of hydrogen-bond donors (Lipinski definition) is 0. The van der Waals surface area contributed by atoms with Gasteiger partial charge in [0, 0.05) is 10.9 Å². The van der Waals surface area contributed by atoms with Gasteiger partial charge in [0.05, 0.1) is 6.61 Å². The molecule has 0 saturated heterocycles. The van der Waals surface area contributed by atoms with E-state index < -0.39 is 0 Å². The highest BCUT2D eigenvalue weighted by molar-refractivity contribution is 9.09. The van der Waals surface area contributed by atoms with E-state index in [2.05, 4.69) is 41.9 Å². The molecule has 1 nitrogen and oxygen atoms in total. The zero-order valence-electron chi connectivity index (χ0n) is 10.2. The highest BCUT2D eigenvalue weighted by Crippen LogP contribution is 2.24. The van der Waals surface area contributed by atoms with Crippen molar-refractivity contribution in [2.75, 3.05) is 11.9 Å². The third-order valence-electron chi connectivity index (χ3n) is 2.46. The van der Waals surface area contributed by atoms with Gasteiger partial charge in [0.1, 0.15) is 5.75 Å². The second-order valence-electron chi connectivity index (χ2n) is 3.98. The van der Waals surface area contributed by atoms with Crippen LogP contribution >= 0.6 is 15.9 Å². The Balaban J connectivity index is 3.02. The Morgan fingerprint density at radius 1 is 1.38 bits per heavy atom. The number of ether oxygens (including phenoxy) is 1. The number of rotatable bonds is 5. The summed E-state index contributed by atoms with van der Waals surface area (Å²) in [6.07, 6.45) is 2.21. The molecule has 0 aliphatic heterocycles. The average molecular weight is 283 g/mol. The number of hydrogen-bond acceptors (Lipinski definition) is 1. The fourth-order valence-corrected chi connectivity index (χ4v) is 2.26. The van der Waals surface area contributed by atoms with Gasteiger partial charge in [-0.05, 0) is 18.9 Å². The van der Waals surface area contributed by atoms with E-state index in [1.54, 1.807) is 0 Å². The predicted octanol–water partition coefficient (Wildman–Crippen LogP) is 4.52. The Morgan fingerprint density at radius 2 is 2.06 bits per heavy atom. The molecule has 0 aliphatic rings. The predicted molar refractivity (Wildman–Crippen MR) is 74.2 cm³/mol.